The lowest BCUT2D eigenvalue weighted by molar-refractivity contribution is -0.0946. The summed E-state index contributed by atoms with van der Waals surface area (Å²) in [6.07, 6.45) is 3.64. The second-order valence-electron chi connectivity index (χ2n) is 5.54. The van der Waals surface area contributed by atoms with Gasteiger partial charge in [-0.2, -0.15) is 0 Å². The molecule has 0 aromatic carbocycles. The fourth-order valence-electron chi connectivity index (χ4n) is 2.56. The summed E-state index contributed by atoms with van der Waals surface area (Å²) in [7, 11) is 0. The molecule has 92 valence electrons. The first kappa shape index (κ1) is 14.9. The minimum absolute atomic E-state index is 0.201. The van der Waals surface area contributed by atoms with Gasteiger partial charge in [0, 0.05) is 10.8 Å². The van der Waals surface area contributed by atoms with E-state index in [1.807, 2.05) is 6.92 Å². The van der Waals surface area contributed by atoms with Crippen LogP contribution in [0.5, 0.6) is 0 Å². The van der Waals surface area contributed by atoms with E-state index < -0.39 is 5.67 Å². The molecule has 0 atom stereocenters. The quantitative estimate of drug-likeness (QED) is 0.560. The Morgan fingerprint density at radius 1 is 0.667 bits per heavy atom. The molecule has 0 nitrogen and oxygen atoms in total. The van der Waals surface area contributed by atoms with Crippen LogP contribution in [0.25, 0.3) is 0 Å². The molecule has 0 amide bonds. The maximum absolute atomic E-state index is 15.2. The van der Waals surface area contributed by atoms with Crippen LogP contribution in [-0.2, 0) is 0 Å². The molecule has 0 aliphatic carbocycles. The Hall–Kier alpha value is -0.0700. The van der Waals surface area contributed by atoms with Crippen molar-refractivity contribution < 1.29 is 4.39 Å². The molecule has 0 aliphatic rings. The Morgan fingerprint density at radius 3 is 1.00 bits per heavy atom. The fraction of sp³-hybridized carbons (Fsp3) is 1.00. The lowest BCUT2D eigenvalue weighted by atomic mass is 9.57. The average molecular weight is 216 g/mol. The number of rotatable bonds is 6. The zero-order valence-electron chi connectivity index (χ0n) is 11.7. The molecule has 0 bridgehead atoms. The van der Waals surface area contributed by atoms with Crippen molar-refractivity contribution in [3.05, 3.63) is 0 Å². The molecule has 0 spiro atoms. The third-order valence-corrected chi connectivity index (χ3v) is 5.39. The van der Waals surface area contributed by atoms with Crippen molar-refractivity contribution in [2.24, 2.45) is 10.8 Å². The first-order valence-corrected chi connectivity index (χ1v) is 6.43. The Balaban J connectivity index is 5.25. The molecule has 1 heteroatoms. The van der Waals surface area contributed by atoms with E-state index in [2.05, 4.69) is 41.5 Å². The molecule has 0 saturated carbocycles. The third kappa shape index (κ3) is 2.21. The first-order chi connectivity index (χ1) is 6.74. The van der Waals surface area contributed by atoms with Crippen LogP contribution in [0.1, 0.15) is 74.1 Å². The highest BCUT2D eigenvalue weighted by Crippen LogP contribution is 2.53. The number of hydrogen-bond donors (Lipinski definition) is 0. The van der Waals surface area contributed by atoms with Crippen LogP contribution >= 0.6 is 0 Å². The van der Waals surface area contributed by atoms with Crippen molar-refractivity contribution in [3.63, 3.8) is 0 Å². The summed E-state index contributed by atoms with van der Waals surface area (Å²) >= 11 is 0. The van der Waals surface area contributed by atoms with Crippen LogP contribution in [0, 0.1) is 10.8 Å². The maximum atomic E-state index is 15.2. The fourth-order valence-corrected chi connectivity index (χ4v) is 2.56. The monoisotopic (exact) mass is 216 g/mol. The molecule has 0 saturated heterocycles. The lowest BCUT2D eigenvalue weighted by Gasteiger charge is -2.51. The molecule has 15 heavy (non-hydrogen) atoms. The Bertz CT molecular complexity index is 166. The van der Waals surface area contributed by atoms with Crippen LogP contribution in [0.3, 0.4) is 0 Å². The number of alkyl halides is 1. The second kappa shape index (κ2) is 4.84. The summed E-state index contributed by atoms with van der Waals surface area (Å²) in [5.41, 5.74) is -1.49. The van der Waals surface area contributed by atoms with Gasteiger partial charge in [-0.05, 0) is 32.6 Å². The molecule has 0 N–H and O–H groups in total. The molecule has 0 unspecified atom stereocenters. The Morgan fingerprint density at radius 2 is 0.867 bits per heavy atom. The van der Waals surface area contributed by atoms with Gasteiger partial charge in [0.15, 0.2) is 0 Å². The van der Waals surface area contributed by atoms with Gasteiger partial charge in [0.05, 0.1) is 0 Å². The summed E-state index contributed by atoms with van der Waals surface area (Å²) < 4.78 is 15.2. The highest BCUT2D eigenvalue weighted by atomic mass is 19.1. The van der Waals surface area contributed by atoms with E-state index >= 15 is 4.39 Å². The van der Waals surface area contributed by atoms with E-state index in [4.69, 9.17) is 0 Å². The first-order valence-electron chi connectivity index (χ1n) is 6.43. The SMILES string of the molecule is CCC(C)(CC)C(C)(F)C(C)(CC)CC. The third-order valence-electron chi connectivity index (χ3n) is 5.39. The summed E-state index contributed by atoms with van der Waals surface area (Å²) in [5.74, 6) is 0. The van der Waals surface area contributed by atoms with E-state index in [0.717, 1.165) is 25.7 Å². The summed E-state index contributed by atoms with van der Waals surface area (Å²) in [5, 5.41) is 0. The molecular formula is C14H29F. The highest BCUT2D eigenvalue weighted by molar-refractivity contribution is 5.02. The van der Waals surface area contributed by atoms with E-state index in [1.54, 1.807) is 0 Å². The molecule has 0 aromatic rings. The van der Waals surface area contributed by atoms with Gasteiger partial charge < -0.3 is 0 Å². The molecule has 0 radical (unpaired) electrons. The van der Waals surface area contributed by atoms with E-state index in [1.165, 1.54) is 0 Å². The summed E-state index contributed by atoms with van der Waals surface area (Å²) in [4.78, 5) is 0. The highest BCUT2D eigenvalue weighted by Gasteiger charge is 2.53. The summed E-state index contributed by atoms with van der Waals surface area (Å²) in [6, 6.07) is 0. The zero-order valence-corrected chi connectivity index (χ0v) is 11.7. The molecular weight excluding hydrogens is 187 g/mol. The van der Waals surface area contributed by atoms with Gasteiger partial charge >= 0.3 is 0 Å². The average Bonchev–Trinajstić information content (AvgIpc) is 2.26. The predicted molar refractivity (Wildman–Crippen MR) is 66.9 cm³/mol. The van der Waals surface area contributed by atoms with Crippen molar-refractivity contribution >= 4 is 0 Å². The topological polar surface area (TPSA) is 0 Å². The zero-order chi connectivity index (χ0) is 12.3. The van der Waals surface area contributed by atoms with Crippen LogP contribution in [0.15, 0.2) is 0 Å². The lowest BCUT2D eigenvalue weighted by Crippen LogP contribution is -2.51. The van der Waals surface area contributed by atoms with E-state index in [-0.39, 0.29) is 10.8 Å². The van der Waals surface area contributed by atoms with Gasteiger partial charge in [-0.1, -0.05) is 41.5 Å². The molecule has 0 rings (SSSR count). The van der Waals surface area contributed by atoms with Gasteiger partial charge in [0.2, 0.25) is 0 Å². The van der Waals surface area contributed by atoms with Gasteiger partial charge in [-0.3, -0.25) is 0 Å². The summed E-state index contributed by atoms with van der Waals surface area (Å²) in [6.45, 7) is 14.4. The van der Waals surface area contributed by atoms with Crippen LogP contribution < -0.4 is 0 Å². The van der Waals surface area contributed by atoms with Gasteiger partial charge in [0.25, 0.3) is 0 Å². The molecule has 0 aromatic heterocycles. The second-order valence-corrected chi connectivity index (χ2v) is 5.54. The largest absolute Gasteiger partial charge is 0.243 e. The Labute approximate surface area is 95.6 Å². The van der Waals surface area contributed by atoms with Crippen molar-refractivity contribution in [2.75, 3.05) is 0 Å². The Kier molecular flexibility index (Phi) is 4.82. The van der Waals surface area contributed by atoms with Crippen LogP contribution in [0.4, 0.5) is 4.39 Å². The number of halogens is 1. The van der Waals surface area contributed by atoms with E-state index in [9.17, 15) is 0 Å². The van der Waals surface area contributed by atoms with Crippen LogP contribution in [-0.4, -0.2) is 5.67 Å². The maximum Gasteiger partial charge on any atom is 0.118 e. The molecule has 0 heterocycles. The molecule has 0 fully saturated rings. The smallest absolute Gasteiger partial charge is 0.118 e. The van der Waals surface area contributed by atoms with Crippen molar-refractivity contribution in [1.82, 2.24) is 0 Å². The number of hydrogen-bond acceptors (Lipinski definition) is 0. The van der Waals surface area contributed by atoms with E-state index in [0.29, 0.717) is 0 Å². The van der Waals surface area contributed by atoms with Crippen molar-refractivity contribution in [3.8, 4) is 0 Å². The van der Waals surface area contributed by atoms with Crippen LogP contribution in [0.2, 0.25) is 0 Å². The van der Waals surface area contributed by atoms with Crippen molar-refractivity contribution in [2.45, 2.75) is 79.8 Å². The minimum Gasteiger partial charge on any atom is -0.243 e. The predicted octanol–water partition coefficient (Wildman–Crippen LogP) is 5.37. The van der Waals surface area contributed by atoms with Gasteiger partial charge in [0.1, 0.15) is 5.67 Å². The standard InChI is InChI=1S/C14H29F/c1-8-12(5,9-2)14(7,15)13(6,10-3)11-4/h8-11H2,1-7H3. The van der Waals surface area contributed by atoms with Gasteiger partial charge in [-0.15, -0.1) is 0 Å². The molecule has 0 aliphatic heterocycles. The van der Waals surface area contributed by atoms with Gasteiger partial charge in [-0.25, -0.2) is 4.39 Å². The minimum atomic E-state index is -1.09. The van der Waals surface area contributed by atoms with Crippen molar-refractivity contribution in [1.29, 1.82) is 0 Å². The normalized spacial score (nSPS) is 14.4.